The molecule has 0 radical (unpaired) electrons. The molecule has 7 nitrogen and oxygen atoms in total. The number of ether oxygens (including phenoxy) is 1. The number of benzene rings is 2. The van der Waals surface area contributed by atoms with E-state index in [0.717, 1.165) is 6.08 Å². The average Bonchev–Trinajstić information content (AvgIpc) is 2.66. The van der Waals surface area contributed by atoms with Crippen molar-refractivity contribution in [2.24, 2.45) is 0 Å². The molecule has 2 rings (SSSR count). The number of carbonyl (C=O) groups is 2. The highest BCUT2D eigenvalue weighted by Gasteiger charge is 2.13. The summed E-state index contributed by atoms with van der Waals surface area (Å²) >= 11 is 5.98. The number of alkyl halides is 2. The zero-order chi connectivity index (χ0) is 21.4. The molecule has 0 aromatic heterocycles. The molecule has 0 saturated carbocycles. The Labute approximate surface area is 172 Å². The number of hydrogen-bond acceptors (Lipinski definition) is 6. The summed E-state index contributed by atoms with van der Waals surface area (Å²) in [5.41, 5.74) is 0.185. The summed E-state index contributed by atoms with van der Waals surface area (Å²) in [5.74, 6) is -4.23. The Morgan fingerprint density at radius 2 is 2.00 bits per heavy atom. The van der Waals surface area contributed by atoms with Crippen LogP contribution in [0.25, 0.3) is 6.08 Å². The minimum atomic E-state index is -2.65. The molecule has 0 aliphatic heterocycles. The molecule has 2 aromatic carbocycles. The lowest BCUT2D eigenvalue weighted by atomic mass is 10.2. The minimum absolute atomic E-state index is 0.0447. The van der Waals surface area contributed by atoms with Gasteiger partial charge in [-0.15, -0.1) is 0 Å². The monoisotopic (exact) mass is 442 g/mol. The zero-order valence-electron chi connectivity index (χ0n) is 14.5. The predicted molar refractivity (Wildman–Crippen MR) is 105 cm³/mol. The molecule has 2 aromatic rings. The molecule has 11 heteroatoms. The van der Waals surface area contributed by atoms with Crippen LogP contribution in [0.1, 0.15) is 5.56 Å². The lowest BCUT2D eigenvalue weighted by Crippen LogP contribution is -2.20. The van der Waals surface area contributed by atoms with Gasteiger partial charge in [-0.25, -0.2) is 4.79 Å². The molecule has 0 heterocycles. The maximum atomic E-state index is 12.5. The van der Waals surface area contributed by atoms with Crippen LogP contribution in [-0.4, -0.2) is 29.2 Å². The van der Waals surface area contributed by atoms with Gasteiger partial charge in [0.2, 0.25) is 0 Å². The van der Waals surface area contributed by atoms with Crippen molar-refractivity contribution in [2.75, 3.05) is 11.9 Å². The third kappa shape index (κ3) is 7.16. The van der Waals surface area contributed by atoms with E-state index < -0.39 is 29.2 Å². The number of amides is 1. The SMILES string of the molecule is O=C(COC(=O)C=Cc1ccc(Cl)c([N+](=O)[O-])c1)Nc1ccccc1SC(F)F. The molecule has 0 aliphatic carbocycles. The van der Waals surface area contributed by atoms with Gasteiger partial charge < -0.3 is 10.1 Å². The van der Waals surface area contributed by atoms with E-state index in [1.807, 2.05) is 0 Å². The normalized spacial score (nSPS) is 10.9. The van der Waals surface area contributed by atoms with E-state index in [0.29, 0.717) is 5.56 Å². The number of thioether (sulfide) groups is 1. The first-order valence-corrected chi connectivity index (χ1v) is 9.14. The fourth-order valence-electron chi connectivity index (χ4n) is 2.08. The molecule has 1 amide bonds. The first-order chi connectivity index (χ1) is 13.8. The van der Waals surface area contributed by atoms with Gasteiger partial charge in [-0.1, -0.05) is 41.6 Å². The fourth-order valence-corrected chi connectivity index (χ4v) is 2.86. The smallest absolute Gasteiger partial charge is 0.331 e. The number of hydrogen-bond donors (Lipinski definition) is 1. The van der Waals surface area contributed by atoms with Crippen LogP contribution in [-0.2, 0) is 14.3 Å². The maximum absolute atomic E-state index is 12.5. The van der Waals surface area contributed by atoms with Gasteiger partial charge in [0.05, 0.1) is 10.6 Å². The van der Waals surface area contributed by atoms with Gasteiger partial charge in [0, 0.05) is 17.0 Å². The largest absolute Gasteiger partial charge is 0.452 e. The molecule has 0 unspecified atom stereocenters. The second-order valence-electron chi connectivity index (χ2n) is 5.33. The number of nitrogens with one attached hydrogen (secondary N) is 1. The van der Waals surface area contributed by atoms with Crippen molar-refractivity contribution >= 4 is 52.7 Å². The van der Waals surface area contributed by atoms with Crippen LogP contribution in [0, 0.1) is 10.1 Å². The first kappa shape index (κ1) is 22.3. The van der Waals surface area contributed by atoms with Crippen molar-refractivity contribution in [2.45, 2.75) is 10.7 Å². The van der Waals surface area contributed by atoms with Crippen molar-refractivity contribution in [1.82, 2.24) is 0 Å². The van der Waals surface area contributed by atoms with Crippen LogP contribution >= 0.6 is 23.4 Å². The van der Waals surface area contributed by atoms with E-state index in [1.165, 1.54) is 36.4 Å². The summed E-state index contributed by atoms with van der Waals surface area (Å²) in [5, 5.41) is 13.2. The van der Waals surface area contributed by atoms with Crippen LogP contribution in [0.5, 0.6) is 0 Å². The third-order valence-electron chi connectivity index (χ3n) is 3.30. The highest BCUT2D eigenvalue weighted by Crippen LogP contribution is 2.31. The van der Waals surface area contributed by atoms with Gasteiger partial charge in [0.25, 0.3) is 17.4 Å². The molecule has 0 saturated heterocycles. The first-order valence-electron chi connectivity index (χ1n) is 7.88. The van der Waals surface area contributed by atoms with Crippen molar-refractivity contribution in [3.05, 3.63) is 69.2 Å². The van der Waals surface area contributed by atoms with Crippen LogP contribution in [0.4, 0.5) is 20.2 Å². The molecule has 0 fully saturated rings. The Hall–Kier alpha value is -2.98. The van der Waals surface area contributed by atoms with Gasteiger partial charge in [0.1, 0.15) is 5.02 Å². The Bertz CT molecular complexity index is 956. The fraction of sp³-hybridized carbons (Fsp3) is 0.111. The predicted octanol–water partition coefficient (Wildman–Crippen LogP) is 4.76. The average molecular weight is 443 g/mol. The molecule has 29 heavy (non-hydrogen) atoms. The summed E-state index contributed by atoms with van der Waals surface area (Å²) in [6, 6.07) is 9.93. The number of anilines is 1. The van der Waals surface area contributed by atoms with Gasteiger partial charge in [0.15, 0.2) is 6.61 Å². The molecule has 1 N–H and O–H groups in total. The maximum Gasteiger partial charge on any atom is 0.331 e. The van der Waals surface area contributed by atoms with Crippen molar-refractivity contribution < 1.29 is 28.0 Å². The molecular formula is C18H13ClF2N2O5S. The lowest BCUT2D eigenvalue weighted by Gasteiger charge is -2.10. The van der Waals surface area contributed by atoms with E-state index in [2.05, 4.69) is 5.32 Å². The standard InChI is InChI=1S/C18H13ClF2N2O5S/c19-12-7-5-11(9-14(12)23(26)27)6-8-17(25)28-10-16(24)22-13-3-1-2-4-15(13)29-18(20)21/h1-9,18H,10H2,(H,22,24). The van der Waals surface area contributed by atoms with E-state index in [4.69, 9.17) is 16.3 Å². The number of carbonyl (C=O) groups excluding carboxylic acids is 2. The van der Waals surface area contributed by atoms with Crippen molar-refractivity contribution in [3.8, 4) is 0 Å². The number of esters is 1. The molecule has 0 bridgehead atoms. The van der Waals surface area contributed by atoms with Crippen molar-refractivity contribution in [1.29, 1.82) is 0 Å². The number of halogens is 3. The number of nitro benzene ring substituents is 1. The molecule has 0 atom stereocenters. The second kappa shape index (κ2) is 10.5. The number of nitro groups is 1. The molecule has 0 spiro atoms. The van der Waals surface area contributed by atoms with E-state index in [-0.39, 0.29) is 33.1 Å². The highest BCUT2D eigenvalue weighted by molar-refractivity contribution is 7.99. The Morgan fingerprint density at radius 1 is 1.28 bits per heavy atom. The summed E-state index contributed by atoms with van der Waals surface area (Å²) < 4.78 is 29.8. The van der Waals surface area contributed by atoms with E-state index >= 15 is 0 Å². The Morgan fingerprint density at radius 3 is 2.69 bits per heavy atom. The minimum Gasteiger partial charge on any atom is -0.452 e. The topological polar surface area (TPSA) is 98.5 Å². The van der Waals surface area contributed by atoms with Crippen molar-refractivity contribution in [3.63, 3.8) is 0 Å². The summed E-state index contributed by atoms with van der Waals surface area (Å²) in [6.45, 7) is -0.641. The zero-order valence-corrected chi connectivity index (χ0v) is 16.1. The van der Waals surface area contributed by atoms with Gasteiger partial charge in [-0.3, -0.25) is 14.9 Å². The quantitative estimate of drug-likeness (QED) is 0.208. The Balaban J connectivity index is 1.91. The lowest BCUT2D eigenvalue weighted by molar-refractivity contribution is -0.384. The van der Waals surface area contributed by atoms with Crippen LogP contribution in [0.3, 0.4) is 0 Å². The molecule has 152 valence electrons. The molecular weight excluding hydrogens is 430 g/mol. The second-order valence-corrected chi connectivity index (χ2v) is 6.77. The van der Waals surface area contributed by atoms with Gasteiger partial charge in [-0.05, 0) is 29.8 Å². The third-order valence-corrected chi connectivity index (χ3v) is 4.41. The van der Waals surface area contributed by atoms with E-state index in [1.54, 1.807) is 12.1 Å². The van der Waals surface area contributed by atoms with E-state index in [9.17, 15) is 28.5 Å². The Kier molecular flexibility index (Phi) is 8.10. The number of para-hydroxylation sites is 1. The van der Waals surface area contributed by atoms with Gasteiger partial charge >= 0.3 is 5.97 Å². The highest BCUT2D eigenvalue weighted by atomic mass is 35.5. The van der Waals surface area contributed by atoms with Gasteiger partial charge in [-0.2, -0.15) is 8.78 Å². The summed E-state index contributed by atoms with van der Waals surface area (Å²) in [4.78, 5) is 34.0. The summed E-state index contributed by atoms with van der Waals surface area (Å²) in [6.07, 6.45) is 2.25. The van der Waals surface area contributed by atoms with Crippen LogP contribution in [0.2, 0.25) is 5.02 Å². The number of rotatable bonds is 8. The summed E-state index contributed by atoms with van der Waals surface area (Å²) in [7, 11) is 0. The van der Waals surface area contributed by atoms with Crippen LogP contribution < -0.4 is 5.32 Å². The number of nitrogens with zero attached hydrogens (tertiary/aromatic N) is 1. The molecule has 0 aliphatic rings. The van der Waals surface area contributed by atoms with Crippen LogP contribution in [0.15, 0.2) is 53.4 Å².